The van der Waals surface area contributed by atoms with E-state index >= 15 is 0 Å². The highest BCUT2D eigenvalue weighted by Crippen LogP contribution is 2.32. The van der Waals surface area contributed by atoms with E-state index < -0.39 is 6.10 Å². The zero-order valence-corrected chi connectivity index (χ0v) is 7.40. The Labute approximate surface area is 77.6 Å². The Hall–Kier alpha value is -1.06. The Bertz CT molecular complexity index is 301. The van der Waals surface area contributed by atoms with E-state index in [4.69, 9.17) is 5.73 Å². The molecule has 1 aromatic carbocycles. The Morgan fingerprint density at radius 3 is 3.00 bits per heavy atom. The number of nitrogens with two attached hydrogens (primary N) is 1. The van der Waals surface area contributed by atoms with Gasteiger partial charge in [-0.2, -0.15) is 0 Å². The second-order valence-electron chi connectivity index (χ2n) is 3.41. The quantitative estimate of drug-likeness (QED) is 0.594. The molecule has 4 N–H and O–H groups in total. The van der Waals surface area contributed by atoms with E-state index in [1.165, 1.54) is 0 Å². The predicted octanol–water partition coefficient (Wildman–Crippen LogP) is 0.720. The molecule has 0 radical (unpaired) electrons. The standard InChI is InChI=1S/C10H14N2O/c11-5-7-6-12-9-4-2-1-3-8(9)10(7)13/h1-4,7,10,12-13H,5-6,11H2/t7-,10-/m1/s1. The van der Waals surface area contributed by atoms with E-state index in [2.05, 4.69) is 5.32 Å². The number of hydrogen-bond acceptors (Lipinski definition) is 3. The SMILES string of the molecule is NC[C@@H]1CNc2ccccc2[C@@H]1O. The van der Waals surface area contributed by atoms with Gasteiger partial charge in [-0.25, -0.2) is 0 Å². The summed E-state index contributed by atoms with van der Waals surface area (Å²) in [7, 11) is 0. The lowest BCUT2D eigenvalue weighted by molar-refractivity contribution is 0.114. The van der Waals surface area contributed by atoms with Gasteiger partial charge in [0.2, 0.25) is 0 Å². The van der Waals surface area contributed by atoms with E-state index in [9.17, 15) is 5.11 Å². The minimum absolute atomic E-state index is 0.134. The van der Waals surface area contributed by atoms with Crippen molar-refractivity contribution in [3.8, 4) is 0 Å². The Kier molecular flexibility index (Phi) is 2.20. The first-order valence-corrected chi connectivity index (χ1v) is 4.54. The molecule has 3 heteroatoms. The summed E-state index contributed by atoms with van der Waals surface area (Å²) >= 11 is 0. The molecule has 0 aromatic heterocycles. The van der Waals surface area contributed by atoms with Crippen molar-refractivity contribution in [2.45, 2.75) is 6.10 Å². The van der Waals surface area contributed by atoms with Crippen molar-refractivity contribution in [1.82, 2.24) is 0 Å². The summed E-state index contributed by atoms with van der Waals surface area (Å²) in [6, 6.07) is 7.81. The monoisotopic (exact) mass is 178 g/mol. The van der Waals surface area contributed by atoms with Gasteiger partial charge >= 0.3 is 0 Å². The molecule has 0 aliphatic carbocycles. The van der Waals surface area contributed by atoms with Crippen molar-refractivity contribution in [3.63, 3.8) is 0 Å². The van der Waals surface area contributed by atoms with Crippen LogP contribution in [0, 0.1) is 5.92 Å². The molecule has 2 rings (SSSR count). The number of nitrogens with one attached hydrogen (secondary N) is 1. The van der Waals surface area contributed by atoms with Gasteiger partial charge in [0.1, 0.15) is 0 Å². The molecule has 0 spiro atoms. The number of rotatable bonds is 1. The van der Waals surface area contributed by atoms with Crippen molar-refractivity contribution in [2.24, 2.45) is 11.7 Å². The highest BCUT2D eigenvalue weighted by molar-refractivity contribution is 5.54. The van der Waals surface area contributed by atoms with Gasteiger partial charge in [0.15, 0.2) is 0 Å². The number of hydrogen-bond donors (Lipinski definition) is 3. The van der Waals surface area contributed by atoms with E-state index in [0.29, 0.717) is 6.54 Å². The smallest absolute Gasteiger partial charge is 0.0867 e. The third-order valence-electron chi connectivity index (χ3n) is 2.58. The fraction of sp³-hybridized carbons (Fsp3) is 0.400. The molecule has 1 aliphatic heterocycles. The van der Waals surface area contributed by atoms with Crippen LogP contribution < -0.4 is 11.1 Å². The molecular formula is C10H14N2O. The second-order valence-corrected chi connectivity index (χ2v) is 3.41. The number of aliphatic hydroxyl groups is 1. The maximum absolute atomic E-state index is 9.90. The molecule has 3 nitrogen and oxygen atoms in total. The fourth-order valence-corrected chi connectivity index (χ4v) is 1.73. The minimum Gasteiger partial charge on any atom is -0.388 e. The van der Waals surface area contributed by atoms with Gasteiger partial charge in [-0.3, -0.25) is 0 Å². The number of para-hydroxylation sites is 1. The predicted molar refractivity (Wildman–Crippen MR) is 52.4 cm³/mol. The zero-order chi connectivity index (χ0) is 9.26. The fourth-order valence-electron chi connectivity index (χ4n) is 1.73. The molecular weight excluding hydrogens is 164 g/mol. The number of benzene rings is 1. The highest BCUT2D eigenvalue weighted by Gasteiger charge is 2.25. The largest absolute Gasteiger partial charge is 0.388 e. The topological polar surface area (TPSA) is 58.3 Å². The molecule has 0 saturated carbocycles. The van der Waals surface area contributed by atoms with Crippen LogP contribution in [0.2, 0.25) is 0 Å². The summed E-state index contributed by atoms with van der Waals surface area (Å²) in [5.74, 6) is 0.134. The van der Waals surface area contributed by atoms with Crippen molar-refractivity contribution in [3.05, 3.63) is 29.8 Å². The first kappa shape index (κ1) is 8.53. The molecule has 0 bridgehead atoms. The van der Waals surface area contributed by atoms with Crippen molar-refractivity contribution in [1.29, 1.82) is 0 Å². The van der Waals surface area contributed by atoms with Crippen molar-refractivity contribution in [2.75, 3.05) is 18.4 Å². The van der Waals surface area contributed by atoms with Gasteiger partial charge in [0.25, 0.3) is 0 Å². The molecule has 1 aliphatic rings. The second kappa shape index (κ2) is 3.36. The zero-order valence-electron chi connectivity index (χ0n) is 7.40. The van der Waals surface area contributed by atoms with E-state index in [1.807, 2.05) is 24.3 Å². The Balaban J connectivity index is 2.33. The summed E-state index contributed by atoms with van der Waals surface area (Å²) in [6.07, 6.45) is -0.414. The molecule has 0 amide bonds. The van der Waals surface area contributed by atoms with E-state index in [-0.39, 0.29) is 5.92 Å². The van der Waals surface area contributed by atoms with Gasteiger partial charge in [-0.15, -0.1) is 0 Å². The molecule has 70 valence electrons. The molecule has 1 aromatic rings. The normalized spacial score (nSPS) is 26.3. The van der Waals surface area contributed by atoms with Gasteiger partial charge in [-0.1, -0.05) is 18.2 Å². The van der Waals surface area contributed by atoms with Crippen LogP contribution in [0.25, 0.3) is 0 Å². The third kappa shape index (κ3) is 1.41. The van der Waals surface area contributed by atoms with Crippen LogP contribution >= 0.6 is 0 Å². The first-order valence-electron chi connectivity index (χ1n) is 4.54. The van der Waals surface area contributed by atoms with Gasteiger partial charge in [0.05, 0.1) is 6.10 Å². The third-order valence-corrected chi connectivity index (χ3v) is 2.58. The number of aliphatic hydroxyl groups excluding tert-OH is 1. The van der Waals surface area contributed by atoms with Crippen LogP contribution in [0.5, 0.6) is 0 Å². The average Bonchev–Trinajstić information content (AvgIpc) is 2.19. The van der Waals surface area contributed by atoms with Gasteiger partial charge < -0.3 is 16.2 Å². The Morgan fingerprint density at radius 2 is 2.23 bits per heavy atom. The molecule has 0 fully saturated rings. The maximum Gasteiger partial charge on any atom is 0.0867 e. The Morgan fingerprint density at radius 1 is 1.46 bits per heavy atom. The van der Waals surface area contributed by atoms with E-state index in [1.54, 1.807) is 0 Å². The van der Waals surface area contributed by atoms with Crippen LogP contribution in [0.3, 0.4) is 0 Å². The lowest BCUT2D eigenvalue weighted by Gasteiger charge is -2.30. The molecule has 0 unspecified atom stereocenters. The molecule has 0 saturated heterocycles. The highest BCUT2D eigenvalue weighted by atomic mass is 16.3. The van der Waals surface area contributed by atoms with Crippen LogP contribution in [-0.4, -0.2) is 18.2 Å². The maximum atomic E-state index is 9.90. The van der Waals surface area contributed by atoms with Crippen LogP contribution in [0.1, 0.15) is 11.7 Å². The summed E-state index contributed by atoms with van der Waals surface area (Å²) in [5.41, 5.74) is 7.54. The minimum atomic E-state index is -0.414. The molecule has 1 heterocycles. The van der Waals surface area contributed by atoms with Crippen LogP contribution in [0.4, 0.5) is 5.69 Å². The average molecular weight is 178 g/mol. The first-order chi connectivity index (χ1) is 6.33. The molecule has 2 atom stereocenters. The van der Waals surface area contributed by atoms with Gasteiger partial charge in [-0.05, 0) is 12.6 Å². The molecule has 13 heavy (non-hydrogen) atoms. The van der Waals surface area contributed by atoms with Crippen LogP contribution in [0.15, 0.2) is 24.3 Å². The van der Waals surface area contributed by atoms with E-state index in [0.717, 1.165) is 17.8 Å². The van der Waals surface area contributed by atoms with Crippen LogP contribution in [-0.2, 0) is 0 Å². The summed E-state index contributed by atoms with van der Waals surface area (Å²) in [5, 5.41) is 13.2. The number of fused-ring (bicyclic) bond motifs is 1. The summed E-state index contributed by atoms with van der Waals surface area (Å²) < 4.78 is 0. The van der Waals surface area contributed by atoms with Crippen molar-refractivity contribution < 1.29 is 5.11 Å². The summed E-state index contributed by atoms with van der Waals surface area (Å²) in [6.45, 7) is 1.27. The number of anilines is 1. The lowest BCUT2D eigenvalue weighted by atomic mass is 9.91. The summed E-state index contributed by atoms with van der Waals surface area (Å²) in [4.78, 5) is 0. The van der Waals surface area contributed by atoms with Crippen molar-refractivity contribution >= 4 is 5.69 Å². The lowest BCUT2D eigenvalue weighted by Crippen LogP contribution is -2.33. The van der Waals surface area contributed by atoms with Gasteiger partial charge in [0, 0.05) is 23.7 Å².